The topological polar surface area (TPSA) is 33.1 Å². The average Bonchev–Trinajstić information content (AvgIpc) is 2.18. The highest BCUT2D eigenvalue weighted by Crippen LogP contribution is 2.23. The van der Waals surface area contributed by atoms with E-state index in [1.165, 1.54) is 12.3 Å². The molecule has 0 spiro atoms. The minimum absolute atomic E-state index is 0.348. The Kier molecular flexibility index (Phi) is 4.01. The lowest BCUT2D eigenvalue weighted by atomic mass is 9.97. The van der Waals surface area contributed by atoms with Crippen LogP contribution in [0.15, 0.2) is 18.5 Å². The van der Waals surface area contributed by atoms with E-state index in [1.54, 1.807) is 0 Å². The molecule has 0 saturated carbocycles. The normalized spacial score (nSPS) is 15.1. The van der Waals surface area contributed by atoms with Crippen molar-refractivity contribution in [2.75, 3.05) is 0 Å². The van der Waals surface area contributed by atoms with Crippen LogP contribution >= 0.6 is 0 Å². The number of halogens is 1. The Morgan fingerprint density at radius 2 is 2.29 bits per heavy atom. The zero-order valence-corrected chi connectivity index (χ0v) is 8.57. The zero-order valence-electron chi connectivity index (χ0n) is 8.57. The van der Waals surface area contributed by atoms with Crippen molar-refractivity contribution < 1.29 is 9.50 Å². The molecule has 0 saturated heterocycles. The SMILES string of the molecule is CCC(C)CC(O)c1ccncc1F. The van der Waals surface area contributed by atoms with E-state index in [0.29, 0.717) is 17.9 Å². The highest BCUT2D eigenvalue weighted by Gasteiger charge is 2.14. The molecule has 0 aliphatic heterocycles. The van der Waals surface area contributed by atoms with Crippen LogP contribution in [0.2, 0.25) is 0 Å². The molecule has 0 aliphatic rings. The lowest BCUT2D eigenvalue weighted by Gasteiger charge is -2.15. The summed E-state index contributed by atoms with van der Waals surface area (Å²) in [4.78, 5) is 3.64. The Morgan fingerprint density at radius 3 is 2.86 bits per heavy atom. The first kappa shape index (κ1) is 11.1. The molecule has 0 aliphatic carbocycles. The molecular weight excluding hydrogens is 181 g/mol. The van der Waals surface area contributed by atoms with Gasteiger partial charge in [-0.2, -0.15) is 0 Å². The summed E-state index contributed by atoms with van der Waals surface area (Å²) in [7, 11) is 0. The van der Waals surface area contributed by atoms with Gasteiger partial charge in [-0.25, -0.2) is 4.39 Å². The first-order valence-corrected chi connectivity index (χ1v) is 4.92. The van der Waals surface area contributed by atoms with E-state index < -0.39 is 11.9 Å². The second-order valence-corrected chi connectivity index (χ2v) is 3.66. The molecule has 14 heavy (non-hydrogen) atoms. The van der Waals surface area contributed by atoms with Crippen LogP contribution in [0.5, 0.6) is 0 Å². The maximum Gasteiger partial charge on any atom is 0.147 e. The third-order valence-corrected chi connectivity index (χ3v) is 2.49. The number of nitrogens with zero attached hydrogens (tertiary/aromatic N) is 1. The van der Waals surface area contributed by atoms with E-state index in [0.717, 1.165) is 12.6 Å². The van der Waals surface area contributed by atoms with Crippen molar-refractivity contribution in [3.63, 3.8) is 0 Å². The Labute approximate surface area is 83.8 Å². The maximum atomic E-state index is 13.2. The van der Waals surface area contributed by atoms with Crippen LogP contribution in [-0.2, 0) is 0 Å². The summed E-state index contributed by atoms with van der Waals surface area (Å²) in [5, 5.41) is 9.74. The molecule has 0 amide bonds. The second kappa shape index (κ2) is 5.05. The third-order valence-electron chi connectivity index (χ3n) is 2.49. The highest BCUT2D eigenvalue weighted by molar-refractivity contribution is 5.15. The lowest BCUT2D eigenvalue weighted by Crippen LogP contribution is -2.06. The Morgan fingerprint density at radius 1 is 1.57 bits per heavy atom. The van der Waals surface area contributed by atoms with Gasteiger partial charge in [-0.3, -0.25) is 4.98 Å². The zero-order chi connectivity index (χ0) is 10.6. The molecule has 3 heteroatoms. The Hall–Kier alpha value is -0.960. The molecule has 1 aromatic rings. The summed E-state index contributed by atoms with van der Waals surface area (Å²) in [5.74, 6) is -0.0270. The quantitative estimate of drug-likeness (QED) is 0.805. The van der Waals surface area contributed by atoms with Gasteiger partial charge in [0, 0.05) is 11.8 Å². The summed E-state index contributed by atoms with van der Waals surface area (Å²) in [5.41, 5.74) is 0.348. The summed E-state index contributed by atoms with van der Waals surface area (Å²) in [6.45, 7) is 4.10. The van der Waals surface area contributed by atoms with Crippen LogP contribution in [0.3, 0.4) is 0 Å². The van der Waals surface area contributed by atoms with Crippen molar-refractivity contribution in [3.05, 3.63) is 29.8 Å². The minimum Gasteiger partial charge on any atom is -0.388 e. The largest absolute Gasteiger partial charge is 0.388 e. The first-order chi connectivity index (χ1) is 6.65. The number of aromatic nitrogens is 1. The van der Waals surface area contributed by atoms with Crippen molar-refractivity contribution >= 4 is 0 Å². The van der Waals surface area contributed by atoms with Gasteiger partial charge in [0.15, 0.2) is 0 Å². The fraction of sp³-hybridized carbons (Fsp3) is 0.545. The molecule has 2 atom stereocenters. The Bertz CT molecular complexity index is 290. The van der Waals surface area contributed by atoms with Gasteiger partial charge in [0.2, 0.25) is 0 Å². The monoisotopic (exact) mass is 197 g/mol. The van der Waals surface area contributed by atoms with Crippen molar-refractivity contribution in [3.8, 4) is 0 Å². The van der Waals surface area contributed by atoms with E-state index in [2.05, 4.69) is 11.9 Å². The highest BCUT2D eigenvalue weighted by atomic mass is 19.1. The summed E-state index contributed by atoms with van der Waals surface area (Å²) in [6.07, 6.45) is 3.50. The van der Waals surface area contributed by atoms with Crippen LogP contribution in [0.4, 0.5) is 4.39 Å². The fourth-order valence-corrected chi connectivity index (χ4v) is 1.33. The molecule has 1 aromatic heterocycles. The van der Waals surface area contributed by atoms with Crippen LogP contribution in [0.25, 0.3) is 0 Å². The maximum absolute atomic E-state index is 13.2. The van der Waals surface area contributed by atoms with E-state index >= 15 is 0 Å². The predicted molar refractivity (Wildman–Crippen MR) is 53.2 cm³/mol. The van der Waals surface area contributed by atoms with Crippen molar-refractivity contribution in [1.82, 2.24) is 4.98 Å². The van der Waals surface area contributed by atoms with Crippen molar-refractivity contribution in [2.24, 2.45) is 5.92 Å². The van der Waals surface area contributed by atoms with Crippen molar-refractivity contribution in [2.45, 2.75) is 32.8 Å². The number of hydrogen-bond acceptors (Lipinski definition) is 2. The van der Waals surface area contributed by atoms with Gasteiger partial charge in [-0.15, -0.1) is 0 Å². The van der Waals surface area contributed by atoms with Gasteiger partial charge in [0.1, 0.15) is 5.82 Å². The predicted octanol–water partition coefficient (Wildman–Crippen LogP) is 2.69. The lowest BCUT2D eigenvalue weighted by molar-refractivity contribution is 0.142. The van der Waals surface area contributed by atoms with E-state index in [4.69, 9.17) is 0 Å². The fourth-order valence-electron chi connectivity index (χ4n) is 1.33. The van der Waals surface area contributed by atoms with Crippen LogP contribution in [-0.4, -0.2) is 10.1 Å². The third kappa shape index (κ3) is 2.77. The minimum atomic E-state index is -0.715. The van der Waals surface area contributed by atoms with Gasteiger partial charge in [-0.05, 0) is 18.4 Å². The van der Waals surface area contributed by atoms with Gasteiger partial charge in [-0.1, -0.05) is 20.3 Å². The Balaban J connectivity index is 2.69. The number of pyridine rings is 1. The van der Waals surface area contributed by atoms with Gasteiger partial charge >= 0.3 is 0 Å². The molecular formula is C11H16FNO. The number of rotatable bonds is 4. The smallest absolute Gasteiger partial charge is 0.147 e. The summed E-state index contributed by atoms with van der Waals surface area (Å²) >= 11 is 0. The van der Waals surface area contributed by atoms with E-state index in [9.17, 15) is 9.50 Å². The number of hydrogen-bond donors (Lipinski definition) is 1. The number of aliphatic hydroxyl groups is 1. The molecule has 1 N–H and O–H groups in total. The molecule has 0 radical (unpaired) electrons. The van der Waals surface area contributed by atoms with Crippen molar-refractivity contribution in [1.29, 1.82) is 0 Å². The van der Waals surface area contributed by atoms with Gasteiger partial charge < -0.3 is 5.11 Å². The molecule has 0 aromatic carbocycles. The standard InChI is InChI=1S/C11H16FNO/c1-3-8(2)6-11(14)9-4-5-13-7-10(9)12/h4-5,7-8,11,14H,3,6H2,1-2H3. The molecule has 78 valence electrons. The molecule has 2 nitrogen and oxygen atoms in total. The van der Waals surface area contributed by atoms with Gasteiger partial charge in [0.25, 0.3) is 0 Å². The van der Waals surface area contributed by atoms with E-state index in [1.807, 2.05) is 6.92 Å². The van der Waals surface area contributed by atoms with Crippen LogP contribution in [0.1, 0.15) is 38.4 Å². The molecule has 1 rings (SSSR count). The summed E-state index contributed by atoms with van der Waals surface area (Å²) in [6, 6.07) is 1.53. The van der Waals surface area contributed by atoms with Crippen LogP contribution < -0.4 is 0 Å². The number of aliphatic hydroxyl groups excluding tert-OH is 1. The first-order valence-electron chi connectivity index (χ1n) is 4.92. The average molecular weight is 197 g/mol. The van der Waals surface area contributed by atoms with Gasteiger partial charge in [0.05, 0.1) is 12.3 Å². The molecule has 0 fully saturated rings. The van der Waals surface area contributed by atoms with E-state index in [-0.39, 0.29) is 0 Å². The molecule has 0 bridgehead atoms. The second-order valence-electron chi connectivity index (χ2n) is 3.66. The van der Waals surface area contributed by atoms with Crippen LogP contribution in [0, 0.1) is 11.7 Å². The summed E-state index contributed by atoms with van der Waals surface area (Å²) < 4.78 is 13.2. The molecule has 2 unspecified atom stereocenters. The molecule has 1 heterocycles.